The van der Waals surface area contributed by atoms with Gasteiger partial charge in [0.2, 0.25) is 0 Å². The van der Waals surface area contributed by atoms with Gasteiger partial charge in [-0.15, -0.1) is 10.2 Å². The molecule has 0 radical (unpaired) electrons. The molecule has 20 heavy (non-hydrogen) atoms. The number of benzene rings is 1. The minimum atomic E-state index is 0.435. The molecule has 0 fully saturated rings. The van der Waals surface area contributed by atoms with Crippen molar-refractivity contribution in [1.29, 1.82) is 0 Å². The van der Waals surface area contributed by atoms with Crippen LogP contribution in [0.2, 0.25) is 0 Å². The van der Waals surface area contributed by atoms with Gasteiger partial charge in [0.15, 0.2) is 0 Å². The second-order valence-electron chi connectivity index (χ2n) is 5.57. The highest BCUT2D eigenvalue weighted by Crippen LogP contribution is 2.36. The van der Waals surface area contributed by atoms with E-state index in [0.29, 0.717) is 12.0 Å². The molecule has 1 heterocycles. The molecule has 1 aliphatic carbocycles. The van der Waals surface area contributed by atoms with E-state index in [1.807, 2.05) is 0 Å². The van der Waals surface area contributed by atoms with E-state index in [-0.39, 0.29) is 0 Å². The van der Waals surface area contributed by atoms with Crippen LogP contribution in [0.5, 0.6) is 0 Å². The van der Waals surface area contributed by atoms with E-state index in [2.05, 4.69) is 58.2 Å². The standard InChI is InChI=1S/C16H22N4/c1-3-20-11-18-19-16(20)10-17-15-9-8-12(2)13-6-4-5-7-14(13)15/h4-7,11-12,15,17H,3,8-10H2,1-2H3. The molecule has 0 amide bonds. The molecule has 1 aromatic heterocycles. The van der Waals surface area contributed by atoms with Crippen molar-refractivity contribution in [3.8, 4) is 0 Å². The van der Waals surface area contributed by atoms with Gasteiger partial charge in [-0.05, 0) is 36.8 Å². The lowest BCUT2D eigenvalue weighted by molar-refractivity contribution is 0.422. The van der Waals surface area contributed by atoms with E-state index >= 15 is 0 Å². The number of nitrogens with zero attached hydrogens (tertiary/aromatic N) is 3. The van der Waals surface area contributed by atoms with E-state index in [1.165, 1.54) is 24.0 Å². The third-order valence-corrected chi connectivity index (χ3v) is 4.33. The predicted octanol–water partition coefficient (Wildman–Crippen LogP) is 3.03. The van der Waals surface area contributed by atoms with Crippen molar-refractivity contribution in [1.82, 2.24) is 20.1 Å². The zero-order valence-electron chi connectivity index (χ0n) is 12.2. The van der Waals surface area contributed by atoms with Crippen molar-refractivity contribution < 1.29 is 0 Å². The minimum Gasteiger partial charge on any atom is -0.317 e. The smallest absolute Gasteiger partial charge is 0.146 e. The molecule has 106 valence electrons. The number of rotatable bonds is 4. The molecule has 1 aliphatic rings. The lowest BCUT2D eigenvalue weighted by Crippen LogP contribution is -2.27. The maximum Gasteiger partial charge on any atom is 0.146 e. The number of aromatic nitrogens is 3. The Kier molecular flexibility index (Phi) is 3.83. The Morgan fingerprint density at radius 3 is 2.85 bits per heavy atom. The molecule has 3 rings (SSSR count). The topological polar surface area (TPSA) is 42.7 Å². The van der Waals surface area contributed by atoms with Gasteiger partial charge in [0.1, 0.15) is 12.2 Å². The summed E-state index contributed by atoms with van der Waals surface area (Å²) in [5.41, 5.74) is 2.95. The molecule has 1 aromatic carbocycles. The molecule has 0 spiro atoms. The van der Waals surface area contributed by atoms with Crippen molar-refractivity contribution in [3.05, 3.63) is 47.5 Å². The average Bonchev–Trinajstić information content (AvgIpc) is 2.94. The Bertz CT molecular complexity index is 575. The fourth-order valence-corrected chi connectivity index (χ4v) is 3.11. The third-order valence-electron chi connectivity index (χ3n) is 4.33. The summed E-state index contributed by atoms with van der Waals surface area (Å²) < 4.78 is 2.09. The second-order valence-corrected chi connectivity index (χ2v) is 5.57. The van der Waals surface area contributed by atoms with Crippen molar-refractivity contribution in [2.45, 2.75) is 51.7 Å². The van der Waals surface area contributed by atoms with Crippen LogP contribution in [0.25, 0.3) is 0 Å². The van der Waals surface area contributed by atoms with Crippen LogP contribution in [0.1, 0.15) is 55.6 Å². The Morgan fingerprint density at radius 2 is 2.05 bits per heavy atom. The van der Waals surface area contributed by atoms with Gasteiger partial charge >= 0.3 is 0 Å². The van der Waals surface area contributed by atoms with Gasteiger partial charge in [-0.1, -0.05) is 31.2 Å². The summed E-state index contributed by atoms with van der Waals surface area (Å²) >= 11 is 0. The molecule has 0 saturated carbocycles. The van der Waals surface area contributed by atoms with Gasteiger partial charge < -0.3 is 9.88 Å². The number of fused-ring (bicyclic) bond motifs is 1. The first-order valence-electron chi connectivity index (χ1n) is 7.48. The molecule has 0 saturated heterocycles. The fraction of sp³-hybridized carbons (Fsp3) is 0.500. The van der Waals surface area contributed by atoms with Crippen LogP contribution in [0.4, 0.5) is 0 Å². The van der Waals surface area contributed by atoms with Crippen molar-refractivity contribution >= 4 is 0 Å². The number of nitrogens with one attached hydrogen (secondary N) is 1. The Morgan fingerprint density at radius 1 is 1.25 bits per heavy atom. The van der Waals surface area contributed by atoms with Gasteiger partial charge in [-0.3, -0.25) is 0 Å². The normalized spacial score (nSPS) is 21.7. The molecular weight excluding hydrogens is 248 g/mol. The van der Waals surface area contributed by atoms with E-state index in [4.69, 9.17) is 0 Å². The van der Waals surface area contributed by atoms with Gasteiger partial charge in [0.05, 0.1) is 6.54 Å². The summed E-state index contributed by atoms with van der Waals surface area (Å²) in [4.78, 5) is 0. The first kappa shape index (κ1) is 13.3. The summed E-state index contributed by atoms with van der Waals surface area (Å²) in [7, 11) is 0. The van der Waals surface area contributed by atoms with Crippen LogP contribution in [0.3, 0.4) is 0 Å². The van der Waals surface area contributed by atoms with Crippen LogP contribution in [0.15, 0.2) is 30.6 Å². The molecule has 4 heteroatoms. The SMILES string of the molecule is CCn1cnnc1CNC1CCC(C)c2ccccc21. The Balaban J connectivity index is 1.74. The molecule has 2 aromatic rings. The highest BCUT2D eigenvalue weighted by molar-refractivity contribution is 5.34. The van der Waals surface area contributed by atoms with Gasteiger partial charge in [-0.25, -0.2) is 0 Å². The van der Waals surface area contributed by atoms with E-state index in [1.54, 1.807) is 6.33 Å². The van der Waals surface area contributed by atoms with E-state index in [9.17, 15) is 0 Å². The van der Waals surface area contributed by atoms with Crippen LogP contribution < -0.4 is 5.32 Å². The molecule has 1 N–H and O–H groups in total. The highest BCUT2D eigenvalue weighted by Gasteiger charge is 2.24. The lowest BCUT2D eigenvalue weighted by atomic mass is 9.81. The van der Waals surface area contributed by atoms with Crippen LogP contribution in [0, 0.1) is 0 Å². The Hall–Kier alpha value is -1.68. The van der Waals surface area contributed by atoms with Gasteiger partial charge in [0.25, 0.3) is 0 Å². The number of hydrogen-bond donors (Lipinski definition) is 1. The molecule has 4 nitrogen and oxygen atoms in total. The second kappa shape index (κ2) is 5.75. The first-order valence-corrected chi connectivity index (χ1v) is 7.48. The Labute approximate surface area is 120 Å². The van der Waals surface area contributed by atoms with E-state index in [0.717, 1.165) is 18.9 Å². The zero-order chi connectivity index (χ0) is 13.9. The van der Waals surface area contributed by atoms with Gasteiger partial charge in [0, 0.05) is 12.6 Å². The predicted molar refractivity (Wildman–Crippen MR) is 79.4 cm³/mol. The summed E-state index contributed by atoms with van der Waals surface area (Å²) in [5, 5.41) is 11.8. The zero-order valence-corrected chi connectivity index (χ0v) is 12.2. The fourth-order valence-electron chi connectivity index (χ4n) is 3.11. The first-order chi connectivity index (χ1) is 9.79. The minimum absolute atomic E-state index is 0.435. The molecule has 2 unspecified atom stereocenters. The van der Waals surface area contributed by atoms with Crippen LogP contribution in [-0.4, -0.2) is 14.8 Å². The maximum atomic E-state index is 4.19. The molecular formula is C16H22N4. The summed E-state index contributed by atoms with van der Waals surface area (Å²) in [6.45, 7) is 6.14. The lowest BCUT2D eigenvalue weighted by Gasteiger charge is -2.30. The highest BCUT2D eigenvalue weighted by atomic mass is 15.3. The van der Waals surface area contributed by atoms with E-state index < -0.39 is 0 Å². The number of hydrogen-bond acceptors (Lipinski definition) is 3. The summed E-state index contributed by atoms with van der Waals surface area (Å²) in [6.07, 6.45) is 4.24. The quantitative estimate of drug-likeness (QED) is 0.928. The molecule has 0 aliphatic heterocycles. The maximum absolute atomic E-state index is 4.19. The monoisotopic (exact) mass is 270 g/mol. The summed E-state index contributed by atoms with van der Waals surface area (Å²) in [6, 6.07) is 9.24. The van der Waals surface area contributed by atoms with Crippen LogP contribution in [-0.2, 0) is 13.1 Å². The van der Waals surface area contributed by atoms with Crippen molar-refractivity contribution in [2.24, 2.45) is 0 Å². The number of aryl methyl sites for hydroxylation is 1. The molecule has 2 atom stereocenters. The summed E-state index contributed by atoms with van der Waals surface area (Å²) in [5.74, 6) is 1.69. The van der Waals surface area contributed by atoms with Crippen molar-refractivity contribution in [2.75, 3.05) is 0 Å². The van der Waals surface area contributed by atoms with Crippen LogP contribution >= 0.6 is 0 Å². The largest absolute Gasteiger partial charge is 0.317 e. The van der Waals surface area contributed by atoms with Crippen molar-refractivity contribution in [3.63, 3.8) is 0 Å². The third kappa shape index (κ3) is 2.48. The average molecular weight is 270 g/mol. The molecule has 0 bridgehead atoms. The van der Waals surface area contributed by atoms with Gasteiger partial charge in [-0.2, -0.15) is 0 Å².